The predicted octanol–water partition coefficient (Wildman–Crippen LogP) is 1.72. The van der Waals surface area contributed by atoms with E-state index in [9.17, 15) is 9.59 Å². The molecule has 0 aliphatic carbocycles. The van der Waals surface area contributed by atoms with Crippen molar-refractivity contribution >= 4 is 22.6 Å². The van der Waals surface area contributed by atoms with Crippen molar-refractivity contribution < 1.29 is 4.79 Å². The first-order valence-electron chi connectivity index (χ1n) is 8.14. The smallest absolute Gasteiger partial charge is 0.329 e. The maximum absolute atomic E-state index is 12.3. The number of aryl methyl sites for hydroxylation is 1. The Kier molecular flexibility index (Phi) is 4.61. The zero-order valence-electron chi connectivity index (χ0n) is 14.7. The Bertz CT molecular complexity index is 952. The highest BCUT2D eigenvalue weighted by Crippen LogP contribution is 2.13. The number of para-hydroxylation sites is 2. The van der Waals surface area contributed by atoms with E-state index in [1.165, 1.54) is 4.57 Å². The van der Waals surface area contributed by atoms with Crippen molar-refractivity contribution in [3.8, 4) is 0 Å². The summed E-state index contributed by atoms with van der Waals surface area (Å²) in [6.45, 7) is 0.446. The number of nitrogens with one attached hydrogen (secondary N) is 1. The maximum atomic E-state index is 12.3. The molecule has 0 atom stereocenters. The van der Waals surface area contributed by atoms with Crippen LogP contribution in [-0.2, 0) is 24.9 Å². The van der Waals surface area contributed by atoms with Gasteiger partial charge in [-0.2, -0.15) is 0 Å². The number of rotatable bonds is 5. The Morgan fingerprint density at radius 3 is 2.32 bits per heavy atom. The van der Waals surface area contributed by atoms with Crippen molar-refractivity contribution in [2.45, 2.75) is 13.1 Å². The number of imidazole rings is 1. The minimum absolute atomic E-state index is 0.00989. The van der Waals surface area contributed by atoms with Gasteiger partial charge in [0, 0.05) is 33.4 Å². The van der Waals surface area contributed by atoms with Crippen molar-refractivity contribution in [2.24, 2.45) is 7.05 Å². The van der Waals surface area contributed by atoms with Crippen LogP contribution in [0.15, 0.2) is 53.3 Å². The van der Waals surface area contributed by atoms with Gasteiger partial charge in [-0.3, -0.25) is 13.9 Å². The molecule has 0 bridgehead atoms. The minimum atomic E-state index is -0.188. The summed E-state index contributed by atoms with van der Waals surface area (Å²) in [7, 11) is 5.68. The van der Waals surface area contributed by atoms with E-state index >= 15 is 0 Å². The van der Waals surface area contributed by atoms with Crippen LogP contribution in [0.1, 0.15) is 5.56 Å². The summed E-state index contributed by atoms with van der Waals surface area (Å²) in [4.78, 5) is 26.6. The highest BCUT2D eigenvalue weighted by molar-refractivity contribution is 5.80. The normalized spacial score (nSPS) is 10.8. The second-order valence-electron chi connectivity index (χ2n) is 6.25. The lowest BCUT2D eigenvalue weighted by atomic mass is 10.2. The number of amides is 1. The lowest BCUT2D eigenvalue weighted by molar-refractivity contribution is -0.121. The molecule has 0 saturated carbocycles. The van der Waals surface area contributed by atoms with Crippen molar-refractivity contribution in [3.05, 3.63) is 64.6 Å². The first-order valence-corrected chi connectivity index (χ1v) is 8.14. The Balaban J connectivity index is 1.69. The van der Waals surface area contributed by atoms with E-state index in [0.717, 1.165) is 22.3 Å². The zero-order chi connectivity index (χ0) is 18.0. The van der Waals surface area contributed by atoms with Gasteiger partial charge in [0.2, 0.25) is 5.91 Å². The molecule has 2 aromatic carbocycles. The van der Waals surface area contributed by atoms with Crippen LogP contribution in [0, 0.1) is 0 Å². The van der Waals surface area contributed by atoms with E-state index in [0.29, 0.717) is 6.54 Å². The third-order valence-corrected chi connectivity index (χ3v) is 4.30. The molecule has 3 aromatic rings. The molecule has 1 aromatic heterocycles. The van der Waals surface area contributed by atoms with Crippen LogP contribution >= 0.6 is 0 Å². The van der Waals surface area contributed by atoms with Crippen LogP contribution in [0.4, 0.5) is 5.69 Å². The van der Waals surface area contributed by atoms with E-state index < -0.39 is 0 Å². The van der Waals surface area contributed by atoms with Crippen molar-refractivity contribution in [1.29, 1.82) is 0 Å². The highest BCUT2D eigenvalue weighted by atomic mass is 16.2. The fraction of sp³-hybridized carbons (Fsp3) is 0.263. The maximum Gasteiger partial charge on any atom is 0.329 e. The molecular formula is C19H22N4O2. The molecule has 0 aliphatic rings. The number of nitrogens with zero attached hydrogens (tertiary/aromatic N) is 3. The van der Waals surface area contributed by atoms with Crippen molar-refractivity contribution in [2.75, 3.05) is 19.0 Å². The molecule has 130 valence electrons. The van der Waals surface area contributed by atoms with Gasteiger partial charge in [-0.25, -0.2) is 4.79 Å². The van der Waals surface area contributed by atoms with Crippen molar-refractivity contribution in [1.82, 2.24) is 14.5 Å². The molecule has 0 radical (unpaired) electrons. The second-order valence-corrected chi connectivity index (χ2v) is 6.25. The zero-order valence-corrected chi connectivity index (χ0v) is 14.7. The molecule has 3 rings (SSSR count). The predicted molar refractivity (Wildman–Crippen MR) is 99.8 cm³/mol. The van der Waals surface area contributed by atoms with E-state index in [-0.39, 0.29) is 18.1 Å². The van der Waals surface area contributed by atoms with Crippen molar-refractivity contribution in [3.63, 3.8) is 0 Å². The van der Waals surface area contributed by atoms with Gasteiger partial charge in [-0.05, 0) is 29.8 Å². The number of fused-ring (bicyclic) bond motifs is 1. The lowest BCUT2D eigenvalue weighted by Gasteiger charge is -2.13. The quantitative estimate of drug-likeness (QED) is 0.771. The van der Waals surface area contributed by atoms with Gasteiger partial charge in [0.25, 0.3) is 0 Å². The topological polar surface area (TPSA) is 59.3 Å². The minimum Gasteiger partial charge on any atom is -0.378 e. The van der Waals surface area contributed by atoms with E-state index in [1.807, 2.05) is 67.5 Å². The number of aromatic nitrogens is 2. The lowest BCUT2D eigenvalue weighted by Crippen LogP contribution is -2.32. The van der Waals surface area contributed by atoms with Gasteiger partial charge in [0.15, 0.2) is 0 Å². The van der Waals surface area contributed by atoms with E-state index in [4.69, 9.17) is 0 Å². The number of hydrogen-bond donors (Lipinski definition) is 1. The summed E-state index contributed by atoms with van der Waals surface area (Å²) >= 11 is 0. The van der Waals surface area contributed by atoms with Crippen LogP contribution in [0.3, 0.4) is 0 Å². The molecule has 1 heterocycles. The van der Waals surface area contributed by atoms with E-state index in [1.54, 1.807) is 11.6 Å². The molecule has 0 fully saturated rings. The molecule has 0 saturated heterocycles. The Labute approximate surface area is 146 Å². The average Bonchev–Trinajstić information content (AvgIpc) is 2.85. The molecular weight excluding hydrogens is 316 g/mol. The van der Waals surface area contributed by atoms with Crippen LogP contribution in [0.25, 0.3) is 11.0 Å². The third-order valence-electron chi connectivity index (χ3n) is 4.30. The first kappa shape index (κ1) is 16.8. The molecule has 1 amide bonds. The molecule has 0 spiro atoms. The molecule has 0 unspecified atom stereocenters. The standard InChI is InChI=1S/C19H22N4O2/c1-21(2)15-10-8-14(9-11-15)12-20-18(24)13-23-17-7-5-4-6-16(17)22(3)19(23)25/h4-11H,12-13H2,1-3H3,(H,20,24). The molecule has 6 heteroatoms. The molecule has 6 nitrogen and oxygen atoms in total. The largest absolute Gasteiger partial charge is 0.378 e. The third kappa shape index (κ3) is 3.42. The number of hydrogen-bond acceptors (Lipinski definition) is 3. The Hall–Kier alpha value is -3.02. The summed E-state index contributed by atoms with van der Waals surface area (Å²) in [5.74, 6) is -0.185. The van der Waals surface area contributed by atoms with Crippen LogP contribution in [-0.4, -0.2) is 29.1 Å². The SMILES string of the molecule is CN(C)c1ccc(CNC(=O)Cn2c(=O)n(C)c3ccccc32)cc1. The summed E-state index contributed by atoms with van der Waals surface area (Å²) in [5.41, 5.74) is 3.52. The van der Waals surface area contributed by atoms with E-state index in [2.05, 4.69) is 5.32 Å². The van der Waals surface area contributed by atoms with Crippen LogP contribution in [0.2, 0.25) is 0 Å². The second kappa shape index (κ2) is 6.84. The fourth-order valence-corrected chi connectivity index (χ4v) is 2.83. The van der Waals surface area contributed by atoms with Gasteiger partial charge < -0.3 is 10.2 Å². The first-order chi connectivity index (χ1) is 12.0. The monoisotopic (exact) mass is 338 g/mol. The molecule has 1 N–H and O–H groups in total. The summed E-state index contributed by atoms with van der Waals surface area (Å²) in [6.07, 6.45) is 0. The Morgan fingerprint density at radius 2 is 1.68 bits per heavy atom. The highest BCUT2D eigenvalue weighted by Gasteiger charge is 2.12. The number of carbonyl (C=O) groups excluding carboxylic acids is 1. The summed E-state index contributed by atoms with van der Waals surface area (Å²) in [6, 6.07) is 15.5. The average molecular weight is 338 g/mol. The summed E-state index contributed by atoms with van der Waals surface area (Å²) in [5, 5.41) is 2.88. The van der Waals surface area contributed by atoms with Gasteiger partial charge in [0.05, 0.1) is 11.0 Å². The number of anilines is 1. The van der Waals surface area contributed by atoms with Gasteiger partial charge >= 0.3 is 5.69 Å². The van der Waals surface area contributed by atoms with Gasteiger partial charge in [-0.1, -0.05) is 24.3 Å². The number of benzene rings is 2. The van der Waals surface area contributed by atoms with Gasteiger partial charge in [0.1, 0.15) is 6.54 Å². The molecule has 0 aliphatic heterocycles. The van der Waals surface area contributed by atoms with Gasteiger partial charge in [-0.15, -0.1) is 0 Å². The van der Waals surface area contributed by atoms with Crippen LogP contribution < -0.4 is 15.9 Å². The van der Waals surface area contributed by atoms with Crippen LogP contribution in [0.5, 0.6) is 0 Å². The summed E-state index contributed by atoms with van der Waals surface area (Å²) < 4.78 is 3.06. The fourth-order valence-electron chi connectivity index (χ4n) is 2.83. The Morgan fingerprint density at radius 1 is 1.04 bits per heavy atom. The number of carbonyl (C=O) groups is 1. The molecule has 25 heavy (non-hydrogen) atoms.